The first-order valence-electron chi connectivity index (χ1n) is 2.43. The highest BCUT2D eigenvalue weighted by Crippen LogP contribution is 2.32. The van der Waals surface area contributed by atoms with E-state index >= 15 is 0 Å². The molecule has 0 radical (unpaired) electrons. The monoisotopic (exact) mass is 159 g/mol. The Kier molecular flexibility index (Phi) is 2.91. The van der Waals surface area contributed by atoms with Crippen molar-refractivity contribution in [3.63, 3.8) is 0 Å². The SMILES string of the molecule is O=C=NCC1SC=CS1. The van der Waals surface area contributed by atoms with Crippen LogP contribution in [0.5, 0.6) is 0 Å². The summed E-state index contributed by atoms with van der Waals surface area (Å²) in [5.74, 6) is 0. The van der Waals surface area contributed by atoms with E-state index in [-0.39, 0.29) is 0 Å². The van der Waals surface area contributed by atoms with Crippen LogP contribution in [0.15, 0.2) is 15.8 Å². The fourth-order valence-electron chi connectivity index (χ4n) is 0.469. The molecule has 0 spiro atoms. The number of aliphatic imine (C=N–C) groups is 1. The third kappa shape index (κ3) is 2.26. The average molecular weight is 159 g/mol. The third-order valence-corrected chi connectivity index (χ3v) is 3.15. The van der Waals surface area contributed by atoms with Crippen molar-refractivity contribution in [3.8, 4) is 0 Å². The van der Waals surface area contributed by atoms with Crippen LogP contribution in [-0.4, -0.2) is 17.2 Å². The smallest absolute Gasteiger partial charge is 0.211 e. The minimum absolute atomic E-state index is 0.409. The van der Waals surface area contributed by atoms with E-state index in [1.807, 2.05) is 10.8 Å². The normalized spacial score (nSPS) is 17.8. The molecule has 0 atom stereocenters. The Morgan fingerprint density at radius 1 is 1.56 bits per heavy atom. The van der Waals surface area contributed by atoms with Crippen LogP contribution >= 0.6 is 23.5 Å². The zero-order chi connectivity index (χ0) is 6.53. The van der Waals surface area contributed by atoms with Crippen LogP contribution in [0.3, 0.4) is 0 Å². The second-order valence-corrected chi connectivity index (χ2v) is 3.93. The van der Waals surface area contributed by atoms with Gasteiger partial charge in [0.25, 0.3) is 0 Å². The van der Waals surface area contributed by atoms with Crippen molar-refractivity contribution < 1.29 is 4.79 Å². The van der Waals surface area contributed by atoms with E-state index in [0.29, 0.717) is 11.1 Å². The molecule has 0 aromatic heterocycles. The van der Waals surface area contributed by atoms with Crippen molar-refractivity contribution in [1.29, 1.82) is 0 Å². The van der Waals surface area contributed by atoms with Gasteiger partial charge in [-0.3, -0.25) is 0 Å². The molecule has 9 heavy (non-hydrogen) atoms. The van der Waals surface area contributed by atoms with Crippen LogP contribution in [0, 0.1) is 0 Å². The highest BCUT2D eigenvalue weighted by Gasteiger charge is 2.09. The second-order valence-electron chi connectivity index (χ2n) is 1.41. The van der Waals surface area contributed by atoms with Gasteiger partial charge in [0.1, 0.15) is 0 Å². The Bertz CT molecular complexity index is 154. The van der Waals surface area contributed by atoms with Crippen LogP contribution in [-0.2, 0) is 4.79 Å². The van der Waals surface area contributed by atoms with Crippen LogP contribution in [0.2, 0.25) is 0 Å². The summed E-state index contributed by atoms with van der Waals surface area (Å²) < 4.78 is 0.409. The Balaban J connectivity index is 2.22. The molecule has 1 heterocycles. The van der Waals surface area contributed by atoms with Gasteiger partial charge >= 0.3 is 0 Å². The number of hydrogen-bond donors (Lipinski definition) is 0. The molecule has 0 fully saturated rings. The number of carbonyl (C=O) groups excluding carboxylic acids is 1. The summed E-state index contributed by atoms with van der Waals surface area (Å²) >= 11 is 3.38. The van der Waals surface area contributed by atoms with Crippen LogP contribution in [0.25, 0.3) is 0 Å². The van der Waals surface area contributed by atoms with Crippen molar-refractivity contribution in [1.82, 2.24) is 0 Å². The first-order chi connectivity index (χ1) is 4.43. The number of isocyanates is 1. The predicted octanol–water partition coefficient (Wildman–Crippen LogP) is 1.60. The Morgan fingerprint density at radius 3 is 2.78 bits per heavy atom. The van der Waals surface area contributed by atoms with Crippen LogP contribution < -0.4 is 0 Å². The maximum Gasteiger partial charge on any atom is 0.235 e. The molecule has 1 rings (SSSR count). The molecule has 4 heteroatoms. The van der Waals surface area contributed by atoms with Crippen molar-refractivity contribution in [2.24, 2.45) is 4.99 Å². The Labute approximate surface area is 61.8 Å². The van der Waals surface area contributed by atoms with E-state index in [4.69, 9.17) is 0 Å². The Hall–Kier alpha value is -0.180. The van der Waals surface area contributed by atoms with E-state index in [0.717, 1.165) is 0 Å². The first-order valence-corrected chi connectivity index (χ1v) is 4.31. The molecular weight excluding hydrogens is 154 g/mol. The van der Waals surface area contributed by atoms with E-state index in [2.05, 4.69) is 4.99 Å². The van der Waals surface area contributed by atoms with Gasteiger partial charge in [0.05, 0.1) is 11.1 Å². The second kappa shape index (κ2) is 3.77. The topological polar surface area (TPSA) is 29.4 Å². The molecule has 0 saturated carbocycles. The van der Waals surface area contributed by atoms with Gasteiger partial charge in [0.15, 0.2) is 0 Å². The minimum atomic E-state index is 0.409. The molecule has 0 aromatic carbocycles. The highest BCUT2D eigenvalue weighted by molar-refractivity contribution is 8.22. The first kappa shape index (κ1) is 6.93. The Morgan fingerprint density at radius 2 is 2.22 bits per heavy atom. The van der Waals surface area contributed by atoms with Gasteiger partial charge in [-0.25, -0.2) is 9.79 Å². The molecule has 0 aliphatic carbocycles. The molecular formula is C5H5NOS2. The zero-order valence-corrected chi connectivity index (χ0v) is 6.24. The summed E-state index contributed by atoms with van der Waals surface area (Å²) in [5.41, 5.74) is 0. The number of rotatable bonds is 2. The van der Waals surface area contributed by atoms with Crippen molar-refractivity contribution in [2.45, 2.75) is 4.58 Å². The third-order valence-electron chi connectivity index (χ3n) is 0.821. The van der Waals surface area contributed by atoms with E-state index in [1.165, 1.54) is 6.08 Å². The zero-order valence-electron chi connectivity index (χ0n) is 4.61. The molecule has 0 aromatic rings. The van der Waals surface area contributed by atoms with E-state index in [1.54, 1.807) is 23.5 Å². The average Bonchev–Trinajstić information content (AvgIpc) is 2.34. The molecule has 0 bridgehead atoms. The van der Waals surface area contributed by atoms with Crippen molar-refractivity contribution >= 4 is 29.6 Å². The lowest BCUT2D eigenvalue weighted by atomic mass is 10.8. The standard InChI is InChI=1S/C5H5NOS2/c7-4-6-3-5-8-1-2-9-5/h1-2,5H,3H2. The van der Waals surface area contributed by atoms with Crippen molar-refractivity contribution in [2.75, 3.05) is 6.54 Å². The van der Waals surface area contributed by atoms with Gasteiger partial charge < -0.3 is 0 Å². The molecule has 0 unspecified atom stereocenters. The number of nitrogens with zero attached hydrogens (tertiary/aromatic N) is 1. The molecule has 0 amide bonds. The fraction of sp³-hybridized carbons (Fsp3) is 0.400. The van der Waals surface area contributed by atoms with Gasteiger partial charge in [-0.2, -0.15) is 0 Å². The van der Waals surface area contributed by atoms with Gasteiger partial charge in [-0.15, -0.1) is 23.5 Å². The maximum absolute atomic E-state index is 9.63. The summed E-state index contributed by atoms with van der Waals surface area (Å²) in [6.07, 6.45) is 1.52. The van der Waals surface area contributed by atoms with Crippen molar-refractivity contribution in [3.05, 3.63) is 10.8 Å². The largest absolute Gasteiger partial charge is 0.235 e. The molecule has 0 N–H and O–H groups in total. The quantitative estimate of drug-likeness (QED) is 0.452. The highest BCUT2D eigenvalue weighted by atomic mass is 32.2. The summed E-state index contributed by atoms with van der Waals surface area (Å²) in [5, 5.41) is 4.02. The lowest BCUT2D eigenvalue weighted by molar-refractivity contribution is 0.563. The molecule has 0 saturated heterocycles. The van der Waals surface area contributed by atoms with Gasteiger partial charge in [-0.1, -0.05) is 0 Å². The summed E-state index contributed by atoms with van der Waals surface area (Å²) in [6.45, 7) is 0.575. The van der Waals surface area contributed by atoms with E-state index in [9.17, 15) is 4.79 Å². The lowest BCUT2D eigenvalue weighted by Gasteiger charge is -1.98. The summed E-state index contributed by atoms with van der Waals surface area (Å²) in [6, 6.07) is 0. The van der Waals surface area contributed by atoms with Crippen LogP contribution in [0.1, 0.15) is 0 Å². The lowest BCUT2D eigenvalue weighted by Crippen LogP contribution is -1.95. The van der Waals surface area contributed by atoms with Gasteiger partial charge in [0, 0.05) is 0 Å². The molecule has 2 nitrogen and oxygen atoms in total. The summed E-state index contributed by atoms with van der Waals surface area (Å²) in [4.78, 5) is 13.1. The molecule has 1 aliphatic heterocycles. The fourth-order valence-corrected chi connectivity index (χ4v) is 2.30. The van der Waals surface area contributed by atoms with Gasteiger partial charge in [-0.05, 0) is 10.8 Å². The van der Waals surface area contributed by atoms with Crippen LogP contribution in [0.4, 0.5) is 0 Å². The molecule has 1 aliphatic rings. The number of thioether (sulfide) groups is 2. The van der Waals surface area contributed by atoms with E-state index < -0.39 is 0 Å². The predicted molar refractivity (Wildman–Crippen MR) is 41.1 cm³/mol. The summed E-state index contributed by atoms with van der Waals surface area (Å²) in [7, 11) is 0. The van der Waals surface area contributed by atoms with Gasteiger partial charge in [0.2, 0.25) is 6.08 Å². The number of hydrogen-bond acceptors (Lipinski definition) is 4. The molecule has 48 valence electrons. The minimum Gasteiger partial charge on any atom is -0.211 e. The maximum atomic E-state index is 9.63.